The fraction of sp³-hybridized carbons (Fsp3) is 0.462. The van der Waals surface area contributed by atoms with Crippen molar-refractivity contribution in [2.45, 2.75) is 25.0 Å². The second-order valence-corrected chi connectivity index (χ2v) is 4.93. The lowest BCUT2D eigenvalue weighted by molar-refractivity contribution is -0.136. The number of hydrogen-bond donors (Lipinski definition) is 3. The Balaban J connectivity index is 3.04. The summed E-state index contributed by atoms with van der Waals surface area (Å²) >= 11 is 3.19. The van der Waals surface area contributed by atoms with Crippen LogP contribution in [0.4, 0.5) is 0 Å². The fourth-order valence-corrected chi connectivity index (χ4v) is 2.25. The van der Waals surface area contributed by atoms with Gasteiger partial charge in [0.2, 0.25) is 0 Å². The van der Waals surface area contributed by atoms with E-state index in [0.717, 1.165) is 0 Å². The van der Waals surface area contributed by atoms with E-state index in [9.17, 15) is 15.0 Å². The molecule has 2 atom stereocenters. The number of aliphatic hydroxyl groups excluding tert-OH is 2. The summed E-state index contributed by atoms with van der Waals surface area (Å²) in [5, 5.41) is 29.2. The third kappa shape index (κ3) is 4.49. The largest absolute Gasteiger partial charge is 0.496 e. The lowest BCUT2D eigenvalue weighted by Crippen LogP contribution is -2.19. The second-order valence-electron chi connectivity index (χ2n) is 4.14. The van der Waals surface area contributed by atoms with Crippen LogP contribution >= 0.6 is 15.9 Å². The second kappa shape index (κ2) is 7.47. The van der Waals surface area contributed by atoms with E-state index in [0.29, 0.717) is 28.6 Å². The number of benzene rings is 1. The normalized spacial score (nSPS) is 13.9. The molecule has 0 bridgehead atoms. The van der Waals surface area contributed by atoms with Crippen molar-refractivity contribution in [3.63, 3.8) is 0 Å². The van der Waals surface area contributed by atoms with E-state index in [1.807, 2.05) is 0 Å². The average molecular weight is 333 g/mol. The van der Waals surface area contributed by atoms with Crippen LogP contribution in [-0.4, -0.2) is 39.8 Å². The number of alkyl halides is 1. The maximum atomic E-state index is 10.7. The molecule has 106 valence electrons. The van der Waals surface area contributed by atoms with Crippen molar-refractivity contribution in [3.8, 4) is 5.75 Å². The van der Waals surface area contributed by atoms with Gasteiger partial charge in [0, 0.05) is 10.9 Å². The van der Waals surface area contributed by atoms with Crippen LogP contribution in [0.25, 0.3) is 0 Å². The van der Waals surface area contributed by atoms with E-state index in [2.05, 4.69) is 15.9 Å². The number of carboxylic acid groups (broad SMARTS) is 1. The van der Waals surface area contributed by atoms with Crippen molar-refractivity contribution >= 4 is 21.9 Å². The molecule has 0 aliphatic rings. The summed E-state index contributed by atoms with van der Waals surface area (Å²) in [6, 6.07) is 4.77. The van der Waals surface area contributed by atoms with Crippen molar-refractivity contribution in [2.75, 3.05) is 12.4 Å². The molecular weight excluding hydrogens is 316 g/mol. The Morgan fingerprint density at radius 2 is 2.11 bits per heavy atom. The number of halogens is 1. The highest BCUT2D eigenvalue weighted by molar-refractivity contribution is 9.09. The number of carbonyl (C=O) groups is 1. The SMILES string of the molecule is COc1ccc(CC(=O)O)cc1C(O)C(O)CCBr. The van der Waals surface area contributed by atoms with Crippen LogP contribution in [0.5, 0.6) is 5.75 Å². The number of aliphatic carboxylic acids is 1. The Labute approximate surface area is 120 Å². The topological polar surface area (TPSA) is 87.0 Å². The number of hydrogen-bond acceptors (Lipinski definition) is 4. The van der Waals surface area contributed by atoms with E-state index < -0.39 is 18.2 Å². The van der Waals surface area contributed by atoms with Gasteiger partial charge in [-0.3, -0.25) is 4.79 Å². The third-order valence-electron chi connectivity index (χ3n) is 2.74. The molecule has 6 heteroatoms. The van der Waals surface area contributed by atoms with Gasteiger partial charge < -0.3 is 20.1 Å². The zero-order valence-corrected chi connectivity index (χ0v) is 12.1. The lowest BCUT2D eigenvalue weighted by atomic mass is 9.98. The average Bonchev–Trinajstić information content (AvgIpc) is 2.37. The summed E-state index contributed by atoms with van der Waals surface area (Å²) in [7, 11) is 1.46. The molecule has 1 aromatic carbocycles. The van der Waals surface area contributed by atoms with Gasteiger partial charge in [-0.2, -0.15) is 0 Å². The molecule has 0 spiro atoms. The van der Waals surface area contributed by atoms with Crippen molar-refractivity contribution in [1.82, 2.24) is 0 Å². The Hall–Kier alpha value is -1.11. The quantitative estimate of drug-likeness (QED) is 0.659. The molecule has 0 fully saturated rings. The van der Waals surface area contributed by atoms with E-state index in [1.54, 1.807) is 18.2 Å². The summed E-state index contributed by atoms with van der Waals surface area (Å²) in [6.07, 6.45) is -1.80. The predicted octanol–water partition coefficient (Wildman–Crippen LogP) is 1.50. The molecule has 0 amide bonds. The first-order valence-electron chi connectivity index (χ1n) is 5.80. The van der Waals surface area contributed by atoms with E-state index in [1.165, 1.54) is 7.11 Å². The van der Waals surface area contributed by atoms with Crippen LogP contribution in [0.2, 0.25) is 0 Å². The van der Waals surface area contributed by atoms with Crippen LogP contribution in [0, 0.1) is 0 Å². The van der Waals surface area contributed by atoms with Crippen molar-refractivity contribution < 1.29 is 24.9 Å². The van der Waals surface area contributed by atoms with Crippen molar-refractivity contribution in [2.24, 2.45) is 0 Å². The molecule has 3 N–H and O–H groups in total. The molecule has 0 saturated carbocycles. The highest BCUT2D eigenvalue weighted by Gasteiger charge is 2.22. The standard InChI is InChI=1S/C13H17BrO5/c1-19-11-3-2-8(7-12(16)17)6-9(11)13(18)10(15)4-5-14/h2-3,6,10,13,15,18H,4-5,7H2,1H3,(H,16,17). The van der Waals surface area contributed by atoms with Gasteiger partial charge in [-0.15, -0.1) is 0 Å². The number of carboxylic acids is 1. The molecule has 1 aromatic rings. The van der Waals surface area contributed by atoms with Crippen LogP contribution in [0.3, 0.4) is 0 Å². The first-order chi connectivity index (χ1) is 8.99. The molecule has 0 radical (unpaired) electrons. The smallest absolute Gasteiger partial charge is 0.307 e. The summed E-state index contributed by atoms with van der Waals surface area (Å²) in [5.41, 5.74) is 0.947. The first kappa shape index (κ1) is 15.9. The fourth-order valence-electron chi connectivity index (χ4n) is 1.78. The number of methoxy groups -OCH3 is 1. The maximum absolute atomic E-state index is 10.7. The molecule has 1 rings (SSSR count). The molecule has 0 aliphatic carbocycles. The molecule has 0 aliphatic heterocycles. The predicted molar refractivity (Wildman–Crippen MR) is 73.7 cm³/mol. The van der Waals surface area contributed by atoms with Crippen LogP contribution in [0.1, 0.15) is 23.7 Å². The van der Waals surface area contributed by atoms with Gasteiger partial charge in [0.05, 0.1) is 19.6 Å². The van der Waals surface area contributed by atoms with Gasteiger partial charge in [0.25, 0.3) is 0 Å². The maximum Gasteiger partial charge on any atom is 0.307 e. The zero-order chi connectivity index (χ0) is 14.4. The Morgan fingerprint density at radius 1 is 1.42 bits per heavy atom. The van der Waals surface area contributed by atoms with Gasteiger partial charge in [-0.1, -0.05) is 22.0 Å². The Kier molecular flexibility index (Phi) is 6.27. The van der Waals surface area contributed by atoms with Gasteiger partial charge in [-0.05, 0) is 24.1 Å². The van der Waals surface area contributed by atoms with Gasteiger partial charge in [0.15, 0.2) is 0 Å². The van der Waals surface area contributed by atoms with E-state index in [-0.39, 0.29) is 6.42 Å². The molecule has 0 aromatic heterocycles. The molecule has 0 heterocycles. The minimum atomic E-state index is -1.11. The van der Waals surface area contributed by atoms with E-state index in [4.69, 9.17) is 9.84 Å². The third-order valence-corrected chi connectivity index (χ3v) is 3.20. The minimum absolute atomic E-state index is 0.141. The van der Waals surface area contributed by atoms with Crippen LogP contribution in [-0.2, 0) is 11.2 Å². The highest BCUT2D eigenvalue weighted by atomic mass is 79.9. The van der Waals surface area contributed by atoms with E-state index >= 15 is 0 Å². The summed E-state index contributed by atoms with van der Waals surface area (Å²) in [4.78, 5) is 10.7. The van der Waals surface area contributed by atoms with Gasteiger partial charge in [-0.25, -0.2) is 0 Å². The summed E-state index contributed by atoms with van der Waals surface area (Å²) in [5.74, 6) is -0.526. The molecule has 0 saturated heterocycles. The van der Waals surface area contributed by atoms with Crippen molar-refractivity contribution in [1.29, 1.82) is 0 Å². The molecular formula is C13H17BrO5. The molecule has 19 heavy (non-hydrogen) atoms. The summed E-state index contributed by atoms with van der Waals surface area (Å²) in [6.45, 7) is 0. The highest BCUT2D eigenvalue weighted by Crippen LogP contribution is 2.29. The number of aliphatic hydroxyl groups is 2. The first-order valence-corrected chi connectivity index (χ1v) is 6.92. The number of rotatable bonds is 7. The Morgan fingerprint density at radius 3 is 2.63 bits per heavy atom. The van der Waals surface area contributed by atoms with Crippen LogP contribution < -0.4 is 4.74 Å². The van der Waals surface area contributed by atoms with Gasteiger partial charge >= 0.3 is 5.97 Å². The molecule has 2 unspecified atom stereocenters. The van der Waals surface area contributed by atoms with Crippen LogP contribution in [0.15, 0.2) is 18.2 Å². The minimum Gasteiger partial charge on any atom is -0.496 e. The van der Waals surface area contributed by atoms with Gasteiger partial charge in [0.1, 0.15) is 11.9 Å². The monoisotopic (exact) mass is 332 g/mol. The van der Waals surface area contributed by atoms with Crippen molar-refractivity contribution in [3.05, 3.63) is 29.3 Å². The number of ether oxygens (including phenoxy) is 1. The molecule has 5 nitrogen and oxygen atoms in total. The lowest BCUT2D eigenvalue weighted by Gasteiger charge is -2.20. The summed E-state index contributed by atoms with van der Waals surface area (Å²) < 4.78 is 5.12. The zero-order valence-electron chi connectivity index (χ0n) is 10.5. The Bertz CT molecular complexity index is 435.